The molecule has 3 N–H and O–H groups in total. The maximum absolute atomic E-state index is 13.2. The Kier molecular flexibility index (Phi) is 4.75. The van der Waals surface area contributed by atoms with Crippen LogP contribution in [-0.2, 0) is 0 Å². The Bertz CT molecular complexity index is 1450. The standard InChI is InChI=1S/C23H23N9O2/c1-24-20-11-18(28-21-15(12-25-32(20)21)22(33)26-14-6-7-14)27-17-3-2-10-31(23(17)34)19-9-8-16(29-30-19)13-4-5-13/h2-3,8-14,24H,4-7H2,1H3,(H,26,33)(H,27,28). The average molecular weight is 457 g/mol. The van der Waals surface area contributed by atoms with Crippen LogP contribution in [0.2, 0.25) is 0 Å². The summed E-state index contributed by atoms with van der Waals surface area (Å²) in [7, 11) is 1.75. The van der Waals surface area contributed by atoms with Crippen molar-refractivity contribution >= 4 is 28.9 Å². The van der Waals surface area contributed by atoms with Crippen molar-refractivity contribution < 1.29 is 4.79 Å². The van der Waals surface area contributed by atoms with Crippen LogP contribution in [-0.4, -0.2) is 48.4 Å². The maximum atomic E-state index is 13.2. The molecular formula is C23H23N9O2. The Balaban J connectivity index is 1.34. The highest BCUT2D eigenvalue weighted by Gasteiger charge is 2.27. The van der Waals surface area contributed by atoms with Gasteiger partial charge >= 0.3 is 0 Å². The van der Waals surface area contributed by atoms with E-state index < -0.39 is 0 Å². The highest BCUT2D eigenvalue weighted by Crippen LogP contribution is 2.38. The van der Waals surface area contributed by atoms with Gasteiger partial charge in [0.25, 0.3) is 11.5 Å². The molecule has 0 aromatic carbocycles. The first-order valence-corrected chi connectivity index (χ1v) is 11.3. The van der Waals surface area contributed by atoms with Gasteiger partial charge in [0.1, 0.15) is 22.9 Å². The highest BCUT2D eigenvalue weighted by atomic mass is 16.2. The van der Waals surface area contributed by atoms with Crippen molar-refractivity contribution in [3.8, 4) is 5.82 Å². The smallest absolute Gasteiger partial charge is 0.280 e. The van der Waals surface area contributed by atoms with Crippen LogP contribution >= 0.6 is 0 Å². The van der Waals surface area contributed by atoms with Gasteiger partial charge in [-0.3, -0.25) is 14.2 Å². The van der Waals surface area contributed by atoms with E-state index in [-0.39, 0.29) is 17.5 Å². The molecule has 11 nitrogen and oxygen atoms in total. The Labute approximate surface area is 194 Å². The van der Waals surface area contributed by atoms with Crippen LogP contribution in [0, 0.1) is 0 Å². The van der Waals surface area contributed by atoms with Crippen molar-refractivity contribution in [1.29, 1.82) is 0 Å². The molecular weight excluding hydrogens is 434 g/mol. The third kappa shape index (κ3) is 3.74. The molecule has 2 fully saturated rings. The zero-order valence-electron chi connectivity index (χ0n) is 18.5. The number of amides is 1. The third-order valence-electron chi connectivity index (χ3n) is 6.01. The lowest BCUT2D eigenvalue weighted by atomic mass is 10.3. The summed E-state index contributed by atoms with van der Waals surface area (Å²) in [6.45, 7) is 0. The van der Waals surface area contributed by atoms with Crippen LogP contribution in [0.5, 0.6) is 0 Å². The average Bonchev–Trinajstić information content (AvgIpc) is 3.79. The van der Waals surface area contributed by atoms with E-state index in [2.05, 4.69) is 36.2 Å². The van der Waals surface area contributed by atoms with E-state index in [1.54, 1.807) is 36.0 Å². The molecule has 0 spiro atoms. The fraction of sp³-hybridized carbons (Fsp3) is 0.304. The minimum atomic E-state index is -0.288. The second-order valence-corrected chi connectivity index (χ2v) is 8.63. The number of hydrogen-bond acceptors (Lipinski definition) is 8. The van der Waals surface area contributed by atoms with Gasteiger partial charge in [-0.15, -0.1) is 5.10 Å². The number of aromatic nitrogens is 6. The largest absolute Gasteiger partial charge is 0.373 e. The summed E-state index contributed by atoms with van der Waals surface area (Å²) >= 11 is 0. The van der Waals surface area contributed by atoms with Crippen LogP contribution < -0.4 is 21.5 Å². The third-order valence-corrected chi connectivity index (χ3v) is 6.01. The molecule has 2 aliphatic carbocycles. The van der Waals surface area contributed by atoms with Crippen LogP contribution in [0.1, 0.15) is 47.7 Å². The molecule has 0 saturated heterocycles. The summed E-state index contributed by atoms with van der Waals surface area (Å²) in [5.41, 5.74) is 1.76. The number of pyridine rings is 1. The predicted octanol–water partition coefficient (Wildman–Crippen LogP) is 2.23. The molecule has 4 heterocycles. The van der Waals surface area contributed by atoms with Gasteiger partial charge in [-0.25, -0.2) is 4.98 Å². The molecule has 4 aromatic heterocycles. The van der Waals surface area contributed by atoms with Crippen LogP contribution in [0.25, 0.3) is 11.5 Å². The predicted molar refractivity (Wildman–Crippen MR) is 126 cm³/mol. The SMILES string of the molecule is CNc1cc(Nc2cccn(-c3ccc(C4CC4)nn3)c2=O)nc2c(C(=O)NC3CC3)cnn12. The van der Waals surface area contributed by atoms with Crippen LogP contribution in [0.3, 0.4) is 0 Å². The Hall–Kier alpha value is -4.28. The lowest BCUT2D eigenvalue weighted by Gasteiger charge is -2.11. The van der Waals surface area contributed by atoms with Gasteiger partial charge in [0, 0.05) is 31.3 Å². The Morgan fingerprint density at radius 2 is 1.97 bits per heavy atom. The molecule has 0 aliphatic heterocycles. The molecule has 2 saturated carbocycles. The number of anilines is 3. The molecule has 0 unspecified atom stereocenters. The molecule has 0 radical (unpaired) electrons. The minimum absolute atomic E-state index is 0.209. The fourth-order valence-electron chi connectivity index (χ4n) is 3.82. The highest BCUT2D eigenvalue weighted by molar-refractivity contribution is 6.00. The second-order valence-electron chi connectivity index (χ2n) is 8.63. The van der Waals surface area contributed by atoms with E-state index in [1.165, 1.54) is 10.8 Å². The lowest BCUT2D eigenvalue weighted by molar-refractivity contribution is 0.0952. The molecule has 6 rings (SSSR count). The maximum Gasteiger partial charge on any atom is 0.280 e. The monoisotopic (exact) mass is 457 g/mol. The van der Waals surface area contributed by atoms with Gasteiger partial charge in [0.15, 0.2) is 11.5 Å². The summed E-state index contributed by atoms with van der Waals surface area (Å²) in [4.78, 5) is 30.4. The normalized spacial score (nSPS) is 15.3. The zero-order valence-corrected chi connectivity index (χ0v) is 18.5. The topological polar surface area (TPSA) is 131 Å². The van der Waals surface area contributed by atoms with Gasteiger partial charge in [0.2, 0.25) is 0 Å². The molecule has 34 heavy (non-hydrogen) atoms. The second kappa shape index (κ2) is 7.94. The van der Waals surface area contributed by atoms with Crippen molar-refractivity contribution in [2.75, 3.05) is 17.7 Å². The fourth-order valence-corrected chi connectivity index (χ4v) is 3.82. The molecule has 2 aliphatic rings. The Morgan fingerprint density at radius 3 is 2.68 bits per heavy atom. The summed E-state index contributed by atoms with van der Waals surface area (Å²) in [6, 6.07) is 9.11. The van der Waals surface area contributed by atoms with Crippen molar-refractivity contribution in [3.63, 3.8) is 0 Å². The van der Waals surface area contributed by atoms with Gasteiger partial charge in [-0.2, -0.15) is 14.7 Å². The van der Waals surface area contributed by atoms with Crippen LogP contribution in [0.15, 0.2) is 47.5 Å². The summed E-state index contributed by atoms with van der Waals surface area (Å²) < 4.78 is 3.00. The van der Waals surface area contributed by atoms with Crippen molar-refractivity contribution in [1.82, 2.24) is 34.7 Å². The van der Waals surface area contributed by atoms with Crippen LogP contribution in [0.4, 0.5) is 17.3 Å². The van der Waals surface area contributed by atoms with E-state index in [9.17, 15) is 9.59 Å². The summed E-state index contributed by atoms with van der Waals surface area (Å²) in [5, 5.41) is 21.9. The number of carbonyl (C=O) groups excluding carboxylic acids is 1. The van der Waals surface area contributed by atoms with Crippen molar-refractivity contribution in [2.45, 2.75) is 37.6 Å². The van der Waals surface area contributed by atoms with Gasteiger partial charge in [-0.05, 0) is 49.9 Å². The molecule has 0 atom stereocenters. The Morgan fingerprint density at radius 1 is 1.12 bits per heavy atom. The molecule has 172 valence electrons. The number of nitrogens with one attached hydrogen (secondary N) is 3. The van der Waals surface area contributed by atoms with Gasteiger partial charge < -0.3 is 16.0 Å². The van der Waals surface area contributed by atoms with Crippen molar-refractivity contribution in [2.24, 2.45) is 0 Å². The molecule has 0 bridgehead atoms. The van der Waals surface area contributed by atoms with E-state index in [0.717, 1.165) is 31.4 Å². The molecule has 1 amide bonds. The van der Waals surface area contributed by atoms with E-state index >= 15 is 0 Å². The minimum Gasteiger partial charge on any atom is -0.373 e. The van der Waals surface area contributed by atoms with Gasteiger partial charge in [-0.1, -0.05) is 0 Å². The van der Waals surface area contributed by atoms with Gasteiger partial charge in [0.05, 0.1) is 11.9 Å². The first-order chi connectivity index (χ1) is 16.6. The van der Waals surface area contributed by atoms with E-state index in [0.29, 0.717) is 40.3 Å². The summed E-state index contributed by atoms with van der Waals surface area (Å²) in [5.74, 6) is 1.76. The number of nitrogens with zero attached hydrogens (tertiary/aromatic N) is 6. The first-order valence-electron chi connectivity index (χ1n) is 11.3. The zero-order chi connectivity index (χ0) is 23.2. The number of rotatable bonds is 7. The first kappa shape index (κ1) is 20.3. The lowest BCUT2D eigenvalue weighted by Crippen LogP contribution is -2.25. The molecule has 4 aromatic rings. The van der Waals surface area contributed by atoms with E-state index in [1.807, 2.05) is 12.1 Å². The number of hydrogen-bond donors (Lipinski definition) is 3. The summed E-state index contributed by atoms with van der Waals surface area (Å²) in [6.07, 6.45) is 7.41. The number of carbonyl (C=O) groups is 1. The van der Waals surface area contributed by atoms with E-state index in [4.69, 9.17) is 0 Å². The quantitative estimate of drug-likeness (QED) is 0.385. The molecule has 11 heteroatoms. The number of fused-ring (bicyclic) bond motifs is 1. The van der Waals surface area contributed by atoms with Crippen molar-refractivity contribution in [3.05, 3.63) is 64.3 Å².